The first kappa shape index (κ1) is 9.39. The van der Waals surface area contributed by atoms with Crippen LogP contribution in [0.3, 0.4) is 0 Å². The Balaban J connectivity index is 2.49. The van der Waals surface area contributed by atoms with Gasteiger partial charge < -0.3 is 5.11 Å². The Labute approximate surface area is 84.4 Å². The summed E-state index contributed by atoms with van der Waals surface area (Å²) < 4.78 is 12.9. The molecule has 76 valence electrons. The average molecular weight is 206 g/mol. The number of halogens is 1. The third-order valence-corrected chi connectivity index (χ3v) is 1.92. The van der Waals surface area contributed by atoms with E-state index in [9.17, 15) is 9.18 Å². The smallest absolute Gasteiger partial charge is 0.410 e. The second kappa shape index (κ2) is 3.53. The number of nitrogens with zero attached hydrogens (tertiary/aromatic N) is 1. The Morgan fingerprint density at radius 3 is 2.87 bits per heavy atom. The van der Waals surface area contributed by atoms with Gasteiger partial charge in [0.15, 0.2) is 0 Å². The predicted octanol–water partition coefficient (Wildman–Crippen LogP) is 2.46. The number of rotatable bonds is 1. The first-order valence-corrected chi connectivity index (χ1v) is 4.20. The minimum Gasteiger partial charge on any atom is -0.465 e. The van der Waals surface area contributed by atoms with Crippen LogP contribution in [0.4, 0.5) is 15.0 Å². The molecule has 0 atom stereocenters. The maximum atomic E-state index is 12.9. The SMILES string of the molecule is O=C(O)Nc1cc2cc(F)ccc2cn1. The van der Waals surface area contributed by atoms with Crippen LogP contribution in [0.5, 0.6) is 0 Å². The first-order chi connectivity index (χ1) is 7.15. The lowest BCUT2D eigenvalue weighted by Gasteiger charge is -2.01. The highest BCUT2D eigenvalue weighted by molar-refractivity contribution is 5.88. The molecule has 0 fully saturated rings. The minimum atomic E-state index is -1.20. The molecule has 1 aromatic carbocycles. The number of fused-ring (bicyclic) bond motifs is 1. The number of carboxylic acid groups (broad SMARTS) is 1. The van der Waals surface area contributed by atoms with Gasteiger partial charge in [0.05, 0.1) is 0 Å². The van der Waals surface area contributed by atoms with Gasteiger partial charge in [-0.1, -0.05) is 0 Å². The number of hydrogen-bond acceptors (Lipinski definition) is 2. The fourth-order valence-electron chi connectivity index (χ4n) is 1.29. The molecule has 5 heteroatoms. The summed E-state index contributed by atoms with van der Waals surface area (Å²) in [5.41, 5.74) is 0. The molecule has 0 bridgehead atoms. The topological polar surface area (TPSA) is 62.2 Å². The number of aromatic nitrogens is 1. The molecule has 2 aromatic rings. The van der Waals surface area contributed by atoms with Gasteiger partial charge in [0.1, 0.15) is 11.6 Å². The van der Waals surface area contributed by atoms with Crippen LogP contribution in [0, 0.1) is 5.82 Å². The molecule has 0 aliphatic heterocycles. The molecule has 0 aliphatic rings. The standard InChI is InChI=1S/C10H7FN2O2/c11-8-2-1-6-5-12-9(13-10(14)15)4-7(6)3-8/h1-5H,(H,12,13)(H,14,15). The third kappa shape index (κ3) is 2.01. The molecule has 0 aliphatic carbocycles. The third-order valence-electron chi connectivity index (χ3n) is 1.92. The van der Waals surface area contributed by atoms with Crippen molar-refractivity contribution >= 4 is 22.7 Å². The van der Waals surface area contributed by atoms with Crippen LogP contribution in [-0.4, -0.2) is 16.2 Å². The van der Waals surface area contributed by atoms with Crippen molar-refractivity contribution in [2.45, 2.75) is 0 Å². The summed E-state index contributed by atoms with van der Waals surface area (Å²) in [6.07, 6.45) is 0.290. The lowest BCUT2D eigenvalue weighted by atomic mass is 10.2. The number of pyridine rings is 1. The zero-order chi connectivity index (χ0) is 10.8. The highest BCUT2D eigenvalue weighted by atomic mass is 19.1. The van der Waals surface area contributed by atoms with Crippen LogP contribution in [0.15, 0.2) is 30.5 Å². The van der Waals surface area contributed by atoms with Crippen molar-refractivity contribution < 1.29 is 14.3 Å². The highest BCUT2D eigenvalue weighted by Crippen LogP contribution is 2.17. The number of anilines is 1. The molecule has 0 spiro atoms. The van der Waals surface area contributed by atoms with E-state index in [1.54, 1.807) is 6.07 Å². The van der Waals surface area contributed by atoms with Gasteiger partial charge in [0.2, 0.25) is 0 Å². The van der Waals surface area contributed by atoms with Crippen molar-refractivity contribution in [2.75, 3.05) is 5.32 Å². The van der Waals surface area contributed by atoms with Crippen molar-refractivity contribution in [2.24, 2.45) is 0 Å². The van der Waals surface area contributed by atoms with Gasteiger partial charge in [-0.2, -0.15) is 0 Å². The Morgan fingerprint density at radius 1 is 1.33 bits per heavy atom. The zero-order valence-electron chi connectivity index (χ0n) is 7.57. The summed E-state index contributed by atoms with van der Waals surface area (Å²) in [5, 5.41) is 11.9. The van der Waals surface area contributed by atoms with Gasteiger partial charge in [-0.15, -0.1) is 0 Å². The molecule has 1 amide bonds. The molecule has 1 heterocycles. The average Bonchev–Trinajstić information content (AvgIpc) is 2.16. The van der Waals surface area contributed by atoms with Gasteiger partial charge in [0, 0.05) is 11.6 Å². The van der Waals surface area contributed by atoms with E-state index in [1.165, 1.54) is 24.4 Å². The predicted molar refractivity (Wildman–Crippen MR) is 53.3 cm³/mol. The Morgan fingerprint density at radius 2 is 2.13 bits per heavy atom. The first-order valence-electron chi connectivity index (χ1n) is 4.20. The fraction of sp³-hybridized carbons (Fsp3) is 0. The highest BCUT2D eigenvalue weighted by Gasteiger charge is 2.01. The van der Waals surface area contributed by atoms with Crippen molar-refractivity contribution in [1.82, 2.24) is 4.98 Å². The molecule has 2 N–H and O–H groups in total. The summed E-state index contributed by atoms with van der Waals surface area (Å²) in [4.78, 5) is 14.2. The number of nitrogens with one attached hydrogen (secondary N) is 1. The van der Waals surface area contributed by atoms with Crippen molar-refractivity contribution in [3.05, 3.63) is 36.3 Å². The van der Waals surface area contributed by atoms with Crippen molar-refractivity contribution in [3.63, 3.8) is 0 Å². The van der Waals surface area contributed by atoms with E-state index in [0.29, 0.717) is 5.39 Å². The van der Waals surface area contributed by atoms with E-state index in [1.807, 2.05) is 0 Å². The summed E-state index contributed by atoms with van der Waals surface area (Å²) >= 11 is 0. The maximum absolute atomic E-state index is 12.9. The number of benzene rings is 1. The Hall–Kier alpha value is -2.17. The summed E-state index contributed by atoms with van der Waals surface area (Å²) in [7, 11) is 0. The molecule has 15 heavy (non-hydrogen) atoms. The fourth-order valence-corrected chi connectivity index (χ4v) is 1.29. The minimum absolute atomic E-state index is 0.181. The Kier molecular flexibility index (Phi) is 2.21. The Bertz CT molecular complexity index is 528. The van der Waals surface area contributed by atoms with Crippen LogP contribution in [0.25, 0.3) is 10.8 Å². The van der Waals surface area contributed by atoms with Gasteiger partial charge >= 0.3 is 6.09 Å². The molecule has 4 nitrogen and oxygen atoms in total. The molecule has 2 rings (SSSR count). The van der Waals surface area contributed by atoms with Crippen LogP contribution in [-0.2, 0) is 0 Å². The van der Waals surface area contributed by atoms with Crippen LogP contribution >= 0.6 is 0 Å². The van der Waals surface area contributed by atoms with Gasteiger partial charge in [-0.05, 0) is 29.7 Å². The van der Waals surface area contributed by atoms with Gasteiger partial charge in [0.25, 0.3) is 0 Å². The van der Waals surface area contributed by atoms with E-state index in [4.69, 9.17) is 5.11 Å². The molecule has 0 saturated carbocycles. The second-order valence-electron chi connectivity index (χ2n) is 2.99. The molecule has 0 radical (unpaired) electrons. The summed E-state index contributed by atoms with van der Waals surface area (Å²) in [6.45, 7) is 0. The lowest BCUT2D eigenvalue weighted by molar-refractivity contribution is 0.209. The second-order valence-corrected chi connectivity index (χ2v) is 2.99. The van der Waals surface area contributed by atoms with E-state index in [-0.39, 0.29) is 11.6 Å². The normalized spacial score (nSPS) is 10.2. The quantitative estimate of drug-likeness (QED) is 0.753. The number of carbonyl (C=O) groups is 1. The van der Waals surface area contributed by atoms with Crippen molar-refractivity contribution in [3.8, 4) is 0 Å². The van der Waals surface area contributed by atoms with E-state index in [2.05, 4.69) is 10.3 Å². The molecular weight excluding hydrogens is 199 g/mol. The number of hydrogen-bond donors (Lipinski definition) is 2. The maximum Gasteiger partial charge on any atom is 0.410 e. The molecule has 0 unspecified atom stereocenters. The summed E-state index contributed by atoms with van der Waals surface area (Å²) in [6, 6.07) is 5.72. The largest absolute Gasteiger partial charge is 0.465 e. The van der Waals surface area contributed by atoms with E-state index >= 15 is 0 Å². The van der Waals surface area contributed by atoms with Crippen LogP contribution in [0.2, 0.25) is 0 Å². The van der Waals surface area contributed by atoms with Crippen LogP contribution in [0.1, 0.15) is 0 Å². The van der Waals surface area contributed by atoms with Gasteiger partial charge in [-0.3, -0.25) is 5.32 Å². The van der Waals surface area contributed by atoms with E-state index < -0.39 is 6.09 Å². The monoisotopic (exact) mass is 206 g/mol. The molecule has 1 aromatic heterocycles. The van der Waals surface area contributed by atoms with Crippen LogP contribution < -0.4 is 5.32 Å². The zero-order valence-corrected chi connectivity index (χ0v) is 7.57. The molecular formula is C10H7FN2O2. The molecule has 0 saturated heterocycles. The lowest BCUT2D eigenvalue weighted by Crippen LogP contribution is -2.08. The van der Waals surface area contributed by atoms with Gasteiger partial charge in [-0.25, -0.2) is 14.2 Å². The van der Waals surface area contributed by atoms with Crippen molar-refractivity contribution in [1.29, 1.82) is 0 Å². The summed E-state index contributed by atoms with van der Waals surface area (Å²) in [5.74, 6) is -0.185. The number of amides is 1. The van der Waals surface area contributed by atoms with E-state index in [0.717, 1.165) is 5.39 Å².